The van der Waals surface area contributed by atoms with Crippen LogP contribution in [0.4, 0.5) is 0 Å². The van der Waals surface area contributed by atoms with E-state index in [4.69, 9.17) is 18.9 Å². The van der Waals surface area contributed by atoms with Crippen molar-refractivity contribution in [3.05, 3.63) is 46.5 Å². The number of benzene rings is 2. The summed E-state index contributed by atoms with van der Waals surface area (Å²) < 4.78 is 23.6. The first-order chi connectivity index (χ1) is 13.1. The third kappa shape index (κ3) is 2.27. The van der Waals surface area contributed by atoms with Crippen LogP contribution in [0.3, 0.4) is 0 Å². The summed E-state index contributed by atoms with van der Waals surface area (Å²) in [7, 11) is 5.81. The first-order valence-corrected chi connectivity index (χ1v) is 9.56. The standard InChI is InChI=1S/C22H26NO4/c1-13-15-5-6-18(24-3)22(25-4)17(15)11-23(2)8-7-14-9-19-20(27-12-26-19)10-16(14)21(13)23/h5-6,9-10,13,21H,7-8,11-12H2,1-4H3/q+1/t13-,21+,23-/m0/s1. The van der Waals surface area contributed by atoms with Gasteiger partial charge in [0.25, 0.3) is 0 Å². The van der Waals surface area contributed by atoms with Gasteiger partial charge in [-0.1, -0.05) is 13.0 Å². The van der Waals surface area contributed by atoms with Crippen LogP contribution in [0, 0.1) is 0 Å². The van der Waals surface area contributed by atoms with E-state index in [0.717, 1.165) is 47.0 Å². The molecule has 0 bridgehead atoms. The predicted octanol–water partition coefficient (Wildman–Crippen LogP) is 3.79. The first kappa shape index (κ1) is 16.8. The fraction of sp³-hybridized carbons (Fsp3) is 0.455. The highest BCUT2D eigenvalue weighted by atomic mass is 16.7. The van der Waals surface area contributed by atoms with E-state index in [2.05, 4.69) is 32.2 Å². The third-order valence-corrected chi connectivity index (χ3v) is 6.68. The summed E-state index contributed by atoms with van der Waals surface area (Å²) in [4.78, 5) is 0. The van der Waals surface area contributed by atoms with E-state index in [1.54, 1.807) is 14.2 Å². The van der Waals surface area contributed by atoms with E-state index in [1.165, 1.54) is 22.3 Å². The number of ether oxygens (including phenoxy) is 4. The molecule has 3 aliphatic rings. The lowest BCUT2D eigenvalue weighted by atomic mass is 9.75. The Bertz CT molecular complexity index is 925. The Morgan fingerprint density at radius 2 is 1.81 bits per heavy atom. The number of nitrogens with zero attached hydrogens (tertiary/aromatic N) is 1. The number of methoxy groups -OCH3 is 2. The number of fused-ring (bicyclic) bond motifs is 5. The normalized spacial score (nSPS) is 27.4. The Kier molecular flexibility index (Phi) is 3.60. The van der Waals surface area contributed by atoms with Crippen LogP contribution in [0.25, 0.3) is 0 Å². The number of quaternary nitrogens is 1. The van der Waals surface area contributed by atoms with Gasteiger partial charge in [0.15, 0.2) is 23.0 Å². The second-order valence-corrected chi connectivity index (χ2v) is 8.12. The summed E-state index contributed by atoms with van der Waals surface area (Å²) in [6.45, 7) is 4.70. The van der Waals surface area contributed by atoms with Crippen molar-refractivity contribution in [3.8, 4) is 23.0 Å². The van der Waals surface area contributed by atoms with Crippen molar-refractivity contribution in [3.63, 3.8) is 0 Å². The van der Waals surface area contributed by atoms with Gasteiger partial charge in [-0.2, -0.15) is 0 Å². The molecule has 0 saturated carbocycles. The van der Waals surface area contributed by atoms with Gasteiger partial charge >= 0.3 is 0 Å². The zero-order valence-corrected chi connectivity index (χ0v) is 16.4. The van der Waals surface area contributed by atoms with Crippen molar-refractivity contribution >= 4 is 0 Å². The highest BCUT2D eigenvalue weighted by molar-refractivity contribution is 5.55. The van der Waals surface area contributed by atoms with Crippen LogP contribution in [0.2, 0.25) is 0 Å². The monoisotopic (exact) mass is 368 g/mol. The van der Waals surface area contributed by atoms with E-state index in [-0.39, 0.29) is 0 Å². The molecular weight excluding hydrogens is 342 g/mol. The number of hydrogen-bond acceptors (Lipinski definition) is 4. The second-order valence-electron chi connectivity index (χ2n) is 8.12. The molecule has 2 aromatic carbocycles. The van der Waals surface area contributed by atoms with Crippen molar-refractivity contribution in [1.29, 1.82) is 0 Å². The molecule has 0 fully saturated rings. The molecule has 27 heavy (non-hydrogen) atoms. The van der Waals surface area contributed by atoms with E-state index in [1.807, 2.05) is 6.07 Å². The van der Waals surface area contributed by atoms with Gasteiger partial charge in [-0.25, -0.2) is 0 Å². The molecule has 0 amide bonds. The lowest BCUT2D eigenvalue weighted by Gasteiger charge is -2.51. The summed E-state index contributed by atoms with van der Waals surface area (Å²) in [5, 5.41) is 0. The van der Waals surface area contributed by atoms with Gasteiger partial charge in [0, 0.05) is 17.9 Å². The molecule has 3 atom stereocenters. The Morgan fingerprint density at radius 3 is 2.56 bits per heavy atom. The molecule has 0 unspecified atom stereocenters. The summed E-state index contributed by atoms with van der Waals surface area (Å²) >= 11 is 0. The van der Waals surface area contributed by atoms with Gasteiger partial charge in [0.05, 0.1) is 33.4 Å². The highest BCUT2D eigenvalue weighted by Gasteiger charge is 2.48. The molecule has 0 N–H and O–H groups in total. The second kappa shape index (κ2) is 5.80. The molecule has 0 saturated heterocycles. The quantitative estimate of drug-likeness (QED) is 0.756. The van der Waals surface area contributed by atoms with Crippen LogP contribution >= 0.6 is 0 Å². The zero-order chi connectivity index (χ0) is 18.8. The van der Waals surface area contributed by atoms with E-state index < -0.39 is 0 Å². The van der Waals surface area contributed by atoms with Crippen molar-refractivity contribution in [2.45, 2.75) is 31.8 Å². The van der Waals surface area contributed by atoms with Crippen molar-refractivity contribution < 1.29 is 23.4 Å². The Morgan fingerprint density at radius 1 is 1.04 bits per heavy atom. The maximum atomic E-state index is 5.77. The van der Waals surface area contributed by atoms with E-state index >= 15 is 0 Å². The van der Waals surface area contributed by atoms with Crippen molar-refractivity contribution in [1.82, 2.24) is 0 Å². The molecule has 0 aliphatic carbocycles. The van der Waals surface area contributed by atoms with Gasteiger partial charge in [-0.3, -0.25) is 0 Å². The van der Waals surface area contributed by atoms with Crippen LogP contribution in [-0.4, -0.2) is 39.1 Å². The number of likely N-dealkylation sites (N-methyl/N-ethyl adjacent to an activating group) is 1. The lowest BCUT2D eigenvalue weighted by molar-refractivity contribution is -0.957. The molecule has 0 radical (unpaired) electrons. The fourth-order valence-electron chi connectivity index (χ4n) is 5.46. The predicted molar refractivity (Wildman–Crippen MR) is 102 cm³/mol. The summed E-state index contributed by atoms with van der Waals surface area (Å²) in [6, 6.07) is 9.06. The zero-order valence-electron chi connectivity index (χ0n) is 16.4. The van der Waals surface area contributed by atoms with Crippen LogP contribution in [0.5, 0.6) is 23.0 Å². The summed E-state index contributed by atoms with van der Waals surface area (Å²) in [5.74, 6) is 3.84. The van der Waals surface area contributed by atoms with Gasteiger partial charge in [-0.05, 0) is 29.3 Å². The van der Waals surface area contributed by atoms with Gasteiger partial charge in [0.2, 0.25) is 6.79 Å². The van der Waals surface area contributed by atoms with Crippen LogP contribution < -0.4 is 18.9 Å². The molecule has 2 aromatic rings. The Labute approximate surface area is 160 Å². The van der Waals surface area contributed by atoms with Gasteiger partial charge < -0.3 is 23.4 Å². The fourth-order valence-corrected chi connectivity index (χ4v) is 5.46. The van der Waals surface area contributed by atoms with Crippen LogP contribution in [-0.2, 0) is 13.0 Å². The van der Waals surface area contributed by atoms with Gasteiger partial charge in [0.1, 0.15) is 12.6 Å². The summed E-state index contributed by atoms with van der Waals surface area (Å²) in [6.07, 6.45) is 1.05. The molecule has 5 nitrogen and oxygen atoms in total. The maximum Gasteiger partial charge on any atom is 0.231 e. The lowest BCUT2D eigenvalue weighted by Crippen LogP contribution is -2.54. The minimum absolute atomic E-state index is 0.324. The third-order valence-electron chi connectivity index (χ3n) is 6.68. The van der Waals surface area contributed by atoms with Gasteiger partial charge in [-0.15, -0.1) is 0 Å². The molecule has 3 aliphatic heterocycles. The highest BCUT2D eigenvalue weighted by Crippen LogP contribution is 2.54. The maximum absolute atomic E-state index is 5.77. The smallest absolute Gasteiger partial charge is 0.231 e. The average molecular weight is 368 g/mol. The Balaban J connectivity index is 1.67. The minimum atomic E-state index is 0.324. The molecule has 0 spiro atoms. The Hall–Kier alpha value is -2.40. The SMILES string of the molecule is COc1ccc2c(c1OC)C[N@+]1(C)CCc3cc4c(cc3[C@H]1[C@H]2C)OCO4. The van der Waals surface area contributed by atoms with E-state index in [9.17, 15) is 0 Å². The van der Waals surface area contributed by atoms with Crippen LogP contribution in [0.15, 0.2) is 24.3 Å². The number of hydrogen-bond donors (Lipinski definition) is 0. The minimum Gasteiger partial charge on any atom is -0.493 e. The van der Waals surface area contributed by atoms with Crippen LogP contribution in [0.1, 0.15) is 41.1 Å². The molecule has 3 heterocycles. The molecule has 5 rings (SSSR count). The molecule has 5 heteroatoms. The topological polar surface area (TPSA) is 36.9 Å². The largest absolute Gasteiger partial charge is 0.493 e. The van der Waals surface area contributed by atoms with Crippen molar-refractivity contribution in [2.75, 3.05) is 34.6 Å². The first-order valence-electron chi connectivity index (χ1n) is 9.56. The van der Waals surface area contributed by atoms with E-state index in [0.29, 0.717) is 18.8 Å². The molecule has 0 aromatic heterocycles. The average Bonchev–Trinajstić information content (AvgIpc) is 3.12. The molecule has 142 valence electrons. The number of rotatable bonds is 2. The molecular formula is C22H26NO4+. The summed E-state index contributed by atoms with van der Waals surface area (Å²) in [5.41, 5.74) is 5.45. The van der Waals surface area contributed by atoms with Crippen molar-refractivity contribution in [2.24, 2.45) is 0 Å².